The van der Waals surface area contributed by atoms with Crippen molar-refractivity contribution >= 4 is 11.9 Å². The Morgan fingerprint density at radius 3 is 2.49 bits per heavy atom. The van der Waals surface area contributed by atoms with Crippen molar-refractivity contribution in [1.82, 2.24) is 10.2 Å². The lowest BCUT2D eigenvalue weighted by atomic mass is 9.64. The van der Waals surface area contributed by atoms with Crippen molar-refractivity contribution in [3.05, 3.63) is 59.2 Å². The summed E-state index contributed by atoms with van der Waals surface area (Å²) in [4.78, 5) is 27.8. The van der Waals surface area contributed by atoms with E-state index in [0.717, 1.165) is 25.0 Å². The van der Waals surface area contributed by atoms with Gasteiger partial charge in [0, 0.05) is 19.1 Å². The number of allylic oxidation sites excluding steroid dienone is 4. The summed E-state index contributed by atoms with van der Waals surface area (Å²) in [6.45, 7) is 2.92. The number of rotatable bonds is 7. The predicted octanol–water partition coefficient (Wildman–Crippen LogP) is 5.63. The molecule has 1 aromatic carbocycles. The molecule has 1 aromatic rings. The second-order valence-corrected chi connectivity index (χ2v) is 12.2. The minimum atomic E-state index is -4.70. The molecule has 3 fully saturated rings. The minimum Gasteiger partial charge on any atom is -0.481 e. The van der Waals surface area contributed by atoms with Gasteiger partial charge in [-0.3, -0.25) is 14.5 Å². The van der Waals surface area contributed by atoms with Gasteiger partial charge >= 0.3 is 12.1 Å². The van der Waals surface area contributed by atoms with E-state index in [1.807, 2.05) is 6.92 Å². The molecule has 0 spiro atoms. The number of alkyl halides is 3. The van der Waals surface area contributed by atoms with Gasteiger partial charge in [-0.2, -0.15) is 13.2 Å². The van der Waals surface area contributed by atoms with Crippen LogP contribution >= 0.6 is 0 Å². The maximum Gasteiger partial charge on any atom is 0.416 e. The third-order valence-corrected chi connectivity index (χ3v) is 9.43. The number of piperidine rings is 1. The van der Waals surface area contributed by atoms with Crippen LogP contribution in [0.3, 0.4) is 0 Å². The summed E-state index contributed by atoms with van der Waals surface area (Å²) in [5, 5.41) is 12.8. The summed E-state index contributed by atoms with van der Waals surface area (Å²) in [6.07, 6.45) is 3.67. The van der Waals surface area contributed by atoms with Crippen LogP contribution in [0.5, 0.6) is 0 Å². The Labute approximate surface area is 235 Å². The first-order valence-corrected chi connectivity index (χ1v) is 14.1. The number of hydrogen-bond acceptors (Lipinski definition) is 4. The van der Waals surface area contributed by atoms with Gasteiger partial charge in [-0.1, -0.05) is 13.0 Å². The molecule has 1 amide bonds. The monoisotopic (exact) mass is 582 g/mol. The summed E-state index contributed by atoms with van der Waals surface area (Å²) < 4.78 is 72.9. The molecule has 0 bridgehead atoms. The van der Waals surface area contributed by atoms with Crippen LogP contribution in [0.4, 0.5) is 22.0 Å². The molecule has 1 saturated carbocycles. The van der Waals surface area contributed by atoms with E-state index in [9.17, 15) is 36.6 Å². The zero-order valence-electron chi connectivity index (χ0n) is 22.9. The number of carbonyl (C=O) groups excluding carboxylic acids is 1. The van der Waals surface area contributed by atoms with Crippen LogP contribution in [0, 0.1) is 29.0 Å². The summed E-state index contributed by atoms with van der Waals surface area (Å²) in [6, 6.07) is 2.13. The minimum absolute atomic E-state index is 0.00706. The Morgan fingerprint density at radius 1 is 1.15 bits per heavy atom. The van der Waals surface area contributed by atoms with Crippen LogP contribution in [0.1, 0.15) is 56.6 Å². The molecular weight excluding hydrogens is 547 g/mol. The van der Waals surface area contributed by atoms with Gasteiger partial charge in [0.1, 0.15) is 17.2 Å². The Kier molecular flexibility index (Phi) is 8.06. The Morgan fingerprint density at radius 2 is 1.90 bits per heavy atom. The lowest BCUT2D eigenvalue weighted by molar-refractivity contribution is -0.168. The zero-order chi connectivity index (χ0) is 29.6. The lowest BCUT2D eigenvalue weighted by Gasteiger charge is -2.49. The number of halogens is 5. The van der Waals surface area contributed by atoms with Gasteiger partial charge in [0.05, 0.1) is 18.1 Å². The van der Waals surface area contributed by atoms with Gasteiger partial charge in [-0.25, -0.2) is 8.78 Å². The normalized spacial score (nSPS) is 32.8. The molecule has 0 aromatic heterocycles. The second-order valence-electron chi connectivity index (χ2n) is 12.2. The van der Waals surface area contributed by atoms with Crippen molar-refractivity contribution in [2.45, 2.75) is 69.8 Å². The fraction of sp³-hybridized carbons (Fsp3) is 0.600. The fourth-order valence-corrected chi connectivity index (χ4v) is 6.90. The molecule has 11 heteroatoms. The molecule has 1 unspecified atom stereocenters. The Hall–Kier alpha value is -2.79. The van der Waals surface area contributed by atoms with Crippen LogP contribution in [0.25, 0.3) is 0 Å². The van der Waals surface area contributed by atoms with Crippen molar-refractivity contribution < 1.29 is 41.4 Å². The van der Waals surface area contributed by atoms with Gasteiger partial charge in [0.25, 0.3) is 5.91 Å². The fourth-order valence-electron chi connectivity index (χ4n) is 6.90. The number of carboxylic acid groups (broad SMARTS) is 1. The van der Waals surface area contributed by atoms with Crippen LogP contribution in [-0.4, -0.2) is 53.2 Å². The van der Waals surface area contributed by atoms with Crippen LogP contribution in [0.2, 0.25) is 0 Å². The largest absolute Gasteiger partial charge is 0.481 e. The van der Waals surface area contributed by atoms with E-state index in [0.29, 0.717) is 44.8 Å². The number of carboxylic acids is 1. The smallest absolute Gasteiger partial charge is 0.416 e. The number of carbonyl (C=O) groups is 2. The maximum absolute atomic E-state index is 13.8. The summed E-state index contributed by atoms with van der Waals surface area (Å²) in [5.74, 6) is -3.45. The quantitative estimate of drug-likeness (QED) is 0.408. The number of nitrogens with one attached hydrogen (secondary N) is 1. The molecule has 2 aliphatic carbocycles. The molecular formula is C30H35F5N2O4. The number of hydrogen-bond donors (Lipinski definition) is 2. The highest BCUT2D eigenvalue weighted by Gasteiger charge is 2.55. The van der Waals surface area contributed by atoms with Crippen molar-refractivity contribution in [3.8, 4) is 0 Å². The molecule has 5 atom stereocenters. The molecule has 4 aliphatic rings. The first kappa shape index (κ1) is 29.7. The number of aliphatic carboxylic acids is 1. The Balaban J connectivity index is 1.22. The lowest BCUT2D eigenvalue weighted by Crippen LogP contribution is -2.59. The van der Waals surface area contributed by atoms with Gasteiger partial charge in [-0.15, -0.1) is 0 Å². The van der Waals surface area contributed by atoms with Gasteiger partial charge < -0.3 is 15.2 Å². The number of ether oxygens (including phenoxy) is 1. The molecule has 41 heavy (non-hydrogen) atoms. The van der Waals surface area contributed by atoms with Crippen molar-refractivity contribution in [2.75, 3.05) is 19.7 Å². The van der Waals surface area contributed by atoms with E-state index in [2.05, 4.69) is 10.2 Å². The van der Waals surface area contributed by atoms with Gasteiger partial charge in [-0.05, 0) is 98.2 Å². The van der Waals surface area contributed by atoms with E-state index < -0.39 is 46.4 Å². The van der Waals surface area contributed by atoms with Crippen molar-refractivity contribution in [2.24, 2.45) is 23.2 Å². The number of amides is 1. The molecule has 0 radical (unpaired) electrons. The van der Waals surface area contributed by atoms with E-state index in [1.165, 1.54) is 12.2 Å². The molecule has 5 rings (SSSR count). The SMILES string of the molecule is CC1([C@@H]2CCN([C@@H]3CC[C@@](C(=O)NCc4cc(F)cc(C(F)(F)F)c4)(C4CC4)OC3)C[C@H]2C(=O)O)C=CC(F)=CC1. The first-order valence-electron chi connectivity index (χ1n) is 14.1. The van der Waals surface area contributed by atoms with Crippen molar-refractivity contribution in [1.29, 1.82) is 0 Å². The van der Waals surface area contributed by atoms with Crippen molar-refractivity contribution in [3.63, 3.8) is 0 Å². The molecule has 224 valence electrons. The van der Waals surface area contributed by atoms with Gasteiger partial charge in [0.15, 0.2) is 0 Å². The third-order valence-electron chi connectivity index (χ3n) is 9.43. The average molecular weight is 583 g/mol. The highest BCUT2D eigenvalue weighted by molar-refractivity contribution is 5.86. The third kappa shape index (κ3) is 6.21. The van der Waals surface area contributed by atoms with E-state index in [4.69, 9.17) is 4.74 Å². The van der Waals surface area contributed by atoms with E-state index in [1.54, 1.807) is 6.08 Å². The standard InChI is InChI=1S/C30H35F5N2O4/c1-28(8-4-21(31)5-9-28)25-7-11-37(16-24(25)26(38)39)23-6-10-29(41-17-23,19-2-3-19)27(40)36-15-18-12-20(30(33,34)35)14-22(32)13-18/h4-5,8,12-14,19,23-25H,2-3,6-7,9-11,15-17H2,1H3,(H,36,40)(H,38,39)/t23-,24-,25-,28?,29+/m1/s1. The zero-order valence-corrected chi connectivity index (χ0v) is 22.9. The molecule has 2 aliphatic heterocycles. The van der Waals surface area contributed by atoms with Gasteiger partial charge in [0.2, 0.25) is 0 Å². The topological polar surface area (TPSA) is 78.9 Å². The number of benzene rings is 1. The number of likely N-dealkylation sites (tertiary alicyclic amines) is 1. The summed E-state index contributed by atoms with van der Waals surface area (Å²) >= 11 is 0. The van der Waals surface area contributed by atoms with E-state index in [-0.39, 0.29) is 42.4 Å². The summed E-state index contributed by atoms with van der Waals surface area (Å²) in [7, 11) is 0. The van der Waals surface area contributed by atoms with Crippen LogP contribution < -0.4 is 5.32 Å². The summed E-state index contributed by atoms with van der Waals surface area (Å²) in [5.41, 5.74) is -2.67. The second kappa shape index (κ2) is 11.1. The molecule has 6 nitrogen and oxygen atoms in total. The highest BCUT2D eigenvalue weighted by atomic mass is 19.4. The molecule has 2 heterocycles. The Bertz CT molecular complexity index is 1240. The molecule has 2 saturated heterocycles. The van der Waals surface area contributed by atoms with E-state index >= 15 is 0 Å². The maximum atomic E-state index is 13.8. The molecule has 2 N–H and O–H groups in total. The first-order chi connectivity index (χ1) is 19.3. The average Bonchev–Trinajstić information content (AvgIpc) is 3.79. The number of nitrogens with zero attached hydrogens (tertiary/aromatic N) is 1. The van der Waals surface area contributed by atoms with Crippen LogP contribution in [-0.2, 0) is 27.0 Å². The van der Waals surface area contributed by atoms with Crippen LogP contribution in [0.15, 0.2) is 42.3 Å². The predicted molar refractivity (Wildman–Crippen MR) is 140 cm³/mol. The highest BCUT2D eigenvalue weighted by Crippen LogP contribution is 2.49.